The lowest BCUT2D eigenvalue weighted by Crippen LogP contribution is -2.54. The summed E-state index contributed by atoms with van der Waals surface area (Å²) < 4.78 is 41.8. The molecule has 180 valence electrons. The molecule has 0 saturated heterocycles. The number of alkyl halides is 1. The van der Waals surface area contributed by atoms with Gasteiger partial charge in [0, 0.05) is 25.2 Å². The summed E-state index contributed by atoms with van der Waals surface area (Å²) in [5.41, 5.74) is 0.457. The molecule has 3 rings (SSSR count). The summed E-state index contributed by atoms with van der Waals surface area (Å²) in [4.78, 5) is 32.5. The molecule has 1 unspecified atom stereocenters. The number of benzene rings is 1. The van der Waals surface area contributed by atoms with Crippen molar-refractivity contribution in [1.29, 1.82) is 0 Å². The van der Waals surface area contributed by atoms with Crippen LogP contribution in [0.5, 0.6) is 0 Å². The van der Waals surface area contributed by atoms with Gasteiger partial charge >= 0.3 is 0 Å². The first-order valence-electron chi connectivity index (χ1n) is 10.9. The summed E-state index contributed by atoms with van der Waals surface area (Å²) in [5, 5.41) is 5.23. The van der Waals surface area contributed by atoms with Crippen molar-refractivity contribution in [3.63, 3.8) is 0 Å². The van der Waals surface area contributed by atoms with Crippen LogP contribution in [0.4, 0.5) is 13.2 Å². The van der Waals surface area contributed by atoms with Gasteiger partial charge in [-0.2, -0.15) is 0 Å². The molecule has 1 aromatic carbocycles. The van der Waals surface area contributed by atoms with Gasteiger partial charge in [-0.1, -0.05) is 20.8 Å². The van der Waals surface area contributed by atoms with Crippen molar-refractivity contribution in [3.8, 4) is 11.4 Å². The molecule has 0 bridgehead atoms. The Morgan fingerprint density at radius 3 is 2.55 bits per heavy atom. The Morgan fingerprint density at radius 2 is 1.91 bits per heavy atom. The van der Waals surface area contributed by atoms with Crippen LogP contribution < -0.4 is 10.6 Å². The smallest absolute Gasteiger partial charge is 0.272 e. The van der Waals surface area contributed by atoms with Gasteiger partial charge in [-0.3, -0.25) is 9.59 Å². The predicted octanol–water partition coefficient (Wildman–Crippen LogP) is 2.89. The molecule has 1 aliphatic rings. The average Bonchev–Trinajstić information content (AvgIpc) is 2.97. The third kappa shape index (κ3) is 5.55. The molecule has 2 heterocycles. The number of hydrogen-bond acceptors (Lipinski definition) is 4. The van der Waals surface area contributed by atoms with Gasteiger partial charge in [0.25, 0.3) is 5.91 Å². The summed E-state index contributed by atoms with van der Waals surface area (Å²) in [6, 6.07) is 2.58. The van der Waals surface area contributed by atoms with E-state index in [-0.39, 0.29) is 12.2 Å². The van der Waals surface area contributed by atoms with Crippen LogP contribution in [-0.2, 0) is 17.9 Å². The van der Waals surface area contributed by atoms with Gasteiger partial charge in [0.2, 0.25) is 5.91 Å². The number of halogens is 3. The molecule has 0 aliphatic carbocycles. The van der Waals surface area contributed by atoms with E-state index < -0.39 is 41.6 Å². The largest absolute Gasteiger partial charge is 0.352 e. The molecule has 0 radical (unpaired) electrons. The van der Waals surface area contributed by atoms with Crippen LogP contribution in [0, 0.1) is 17.0 Å². The lowest BCUT2D eigenvalue weighted by Gasteiger charge is -2.30. The number of nitrogens with one attached hydrogen (secondary N) is 2. The first-order chi connectivity index (χ1) is 15.5. The SMILES string of the molecule is CN1CCCn2c(-c3ccc(F)c(F)c3)nc(C(=O)NC(C(=O)NCCF)C(C)(C)C)c2C1. The van der Waals surface area contributed by atoms with Crippen molar-refractivity contribution in [2.24, 2.45) is 5.41 Å². The van der Waals surface area contributed by atoms with Crippen molar-refractivity contribution >= 4 is 11.8 Å². The summed E-state index contributed by atoms with van der Waals surface area (Å²) >= 11 is 0. The minimum atomic E-state index is -1.00. The Morgan fingerprint density at radius 1 is 1.18 bits per heavy atom. The highest BCUT2D eigenvalue weighted by atomic mass is 19.2. The van der Waals surface area contributed by atoms with Gasteiger partial charge in [0.1, 0.15) is 18.5 Å². The van der Waals surface area contributed by atoms with Crippen LogP contribution in [0.2, 0.25) is 0 Å². The zero-order chi connectivity index (χ0) is 24.3. The van der Waals surface area contributed by atoms with Crippen molar-refractivity contribution in [2.45, 2.75) is 46.3 Å². The number of amides is 2. The van der Waals surface area contributed by atoms with Gasteiger partial charge in [0.05, 0.1) is 5.69 Å². The highest BCUT2D eigenvalue weighted by Crippen LogP contribution is 2.28. The third-order valence-electron chi connectivity index (χ3n) is 5.60. The number of aromatic nitrogens is 2. The van der Waals surface area contributed by atoms with E-state index in [1.165, 1.54) is 6.07 Å². The lowest BCUT2D eigenvalue weighted by atomic mass is 9.86. The van der Waals surface area contributed by atoms with Crippen LogP contribution >= 0.6 is 0 Å². The summed E-state index contributed by atoms with van der Waals surface area (Å²) in [6.07, 6.45) is 0.786. The Balaban J connectivity index is 2.02. The Labute approximate surface area is 191 Å². The fourth-order valence-electron chi connectivity index (χ4n) is 3.91. The minimum absolute atomic E-state index is 0.121. The van der Waals surface area contributed by atoms with Crippen LogP contribution in [0.1, 0.15) is 43.4 Å². The molecule has 0 spiro atoms. The van der Waals surface area contributed by atoms with E-state index in [0.29, 0.717) is 30.2 Å². The van der Waals surface area contributed by atoms with Crippen LogP contribution in [0.15, 0.2) is 18.2 Å². The molecule has 2 amide bonds. The topological polar surface area (TPSA) is 79.3 Å². The third-order valence-corrected chi connectivity index (χ3v) is 5.60. The number of nitrogens with zero attached hydrogens (tertiary/aromatic N) is 3. The van der Waals surface area contributed by atoms with Crippen molar-refractivity contribution in [1.82, 2.24) is 25.1 Å². The van der Waals surface area contributed by atoms with E-state index in [2.05, 4.69) is 15.6 Å². The first kappa shape index (κ1) is 24.8. The summed E-state index contributed by atoms with van der Waals surface area (Å²) in [6.45, 7) is 6.28. The van der Waals surface area contributed by atoms with E-state index in [1.807, 2.05) is 16.5 Å². The quantitative estimate of drug-likeness (QED) is 0.688. The molecular weight excluding hydrogens is 435 g/mol. The Kier molecular flexibility index (Phi) is 7.46. The number of carbonyl (C=O) groups is 2. The maximum absolute atomic E-state index is 13.9. The second-order valence-electron chi connectivity index (χ2n) is 9.36. The molecule has 0 saturated carbocycles. The van der Waals surface area contributed by atoms with Crippen molar-refractivity contribution in [2.75, 3.05) is 26.8 Å². The van der Waals surface area contributed by atoms with Gasteiger partial charge < -0.3 is 20.1 Å². The fraction of sp³-hybridized carbons (Fsp3) is 0.522. The number of imidazole rings is 1. The van der Waals surface area contributed by atoms with Crippen LogP contribution in [-0.4, -0.2) is 59.1 Å². The van der Waals surface area contributed by atoms with E-state index in [1.54, 1.807) is 20.8 Å². The zero-order valence-corrected chi connectivity index (χ0v) is 19.3. The molecule has 0 fully saturated rings. The second-order valence-corrected chi connectivity index (χ2v) is 9.36. The predicted molar refractivity (Wildman–Crippen MR) is 118 cm³/mol. The molecule has 7 nitrogen and oxygen atoms in total. The standard InChI is InChI=1S/C23H30F3N5O2/c1-23(2,3)19(22(33)27-9-8-24)29-21(32)18-17-13-30(4)10-5-11-31(17)20(28-18)14-6-7-15(25)16(26)12-14/h6-7,12,19H,5,8-11,13H2,1-4H3,(H,27,33)(H,29,32). The Hall–Kier alpha value is -2.88. The molecule has 1 atom stereocenters. The number of hydrogen-bond donors (Lipinski definition) is 2. The van der Waals surface area contributed by atoms with Crippen molar-refractivity contribution < 1.29 is 22.8 Å². The highest BCUT2D eigenvalue weighted by molar-refractivity contribution is 5.98. The number of carbonyl (C=O) groups excluding carboxylic acids is 2. The fourth-order valence-corrected chi connectivity index (χ4v) is 3.91. The molecule has 33 heavy (non-hydrogen) atoms. The maximum atomic E-state index is 13.9. The molecule has 2 aromatic rings. The molecule has 1 aromatic heterocycles. The van der Waals surface area contributed by atoms with Crippen LogP contribution in [0.25, 0.3) is 11.4 Å². The first-order valence-corrected chi connectivity index (χ1v) is 10.9. The average molecular weight is 466 g/mol. The molecule has 2 N–H and O–H groups in total. The van der Waals surface area contributed by atoms with E-state index >= 15 is 0 Å². The Bertz CT molecular complexity index is 1030. The number of fused-ring (bicyclic) bond motifs is 1. The zero-order valence-electron chi connectivity index (χ0n) is 19.3. The van der Waals surface area contributed by atoms with Gasteiger partial charge in [-0.15, -0.1) is 0 Å². The highest BCUT2D eigenvalue weighted by Gasteiger charge is 2.35. The van der Waals surface area contributed by atoms with Crippen molar-refractivity contribution in [3.05, 3.63) is 41.2 Å². The molecule has 1 aliphatic heterocycles. The summed E-state index contributed by atoms with van der Waals surface area (Å²) in [7, 11) is 1.92. The van der Waals surface area contributed by atoms with Gasteiger partial charge in [-0.05, 0) is 43.6 Å². The maximum Gasteiger partial charge on any atom is 0.272 e. The van der Waals surface area contributed by atoms with E-state index in [4.69, 9.17) is 0 Å². The summed E-state index contributed by atoms with van der Waals surface area (Å²) in [5.74, 6) is -2.65. The lowest BCUT2D eigenvalue weighted by molar-refractivity contribution is -0.125. The molecule has 10 heteroatoms. The minimum Gasteiger partial charge on any atom is -0.352 e. The normalized spacial score (nSPS) is 15.5. The van der Waals surface area contributed by atoms with E-state index in [0.717, 1.165) is 25.1 Å². The monoisotopic (exact) mass is 465 g/mol. The number of rotatable bonds is 6. The van der Waals surface area contributed by atoms with Gasteiger partial charge in [-0.25, -0.2) is 18.2 Å². The second kappa shape index (κ2) is 9.94. The van der Waals surface area contributed by atoms with E-state index in [9.17, 15) is 22.8 Å². The van der Waals surface area contributed by atoms with Gasteiger partial charge in [0.15, 0.2) is 17.3 Å². The molecular formula is C23H30F3N5O2. The van der Waals surface area contributed by atoms with Crippen LogP contribution in [0.3, 0.4) is 0 Å².